The minimum atomic E-state index is -3.52. The van der Waals surface area contributed by atoms with Crippen molar-refractivity contribution >= 4 is 20.9 Å². The number of hydrogen-bond acceptors (Lipinski definition) is 3. The summed E-state index contributed by atoms with van der Waals surface area (Å²) < 4.78 is 33.1. The highest BCUT2D eigenvalue weighted by molar-refractivity contribution is 7.89. The standard InChI is InChI=1S/C21H26N2O3S/c1-14(2)16-5-8-18(9-6-16)27(24,25)22-12-11-19-15(3)23-21-10-7-17(26-4)13-20(19)21/h5-10,13-14,22-23H,11-12H2,1-4H3. The number of benzene rings is 2. The van der Waals surface area contributed by atoms with Crippen molar-refractivity contribution < 1.29 is 13.2 Å². The molecule has 2 N–H and O–H groups in total. The monoisotopic (exact) mass is 386 g/mol. The number of methoxy groups -OCH3 is 1. The van der Waals surface area contributed by atoms with Crippen molar-refractivity contribution in [1.82, 2.24) is 9.71 Å². The number of aromatic amines is 1. The summed E-state index contributed by atoms with van der Waals surface area (Å²) >= 11 is 0. The smallest absolute Gasteiger partial charge is 0.240 e. The van der Waals surface area contributed by atoms with E-state index < -0.39 is 10.0 Å². The summed E-state index contributed by atoms with van der Waals surface area (Å²) in [5.74, 6) is 1.16. The van der Waals surface area contributed by atoms with Gasteiger partial charge in [0.15, 0.2) is 0 Å². The van der Waals surface area contributed by atoms with Crippen molar-refractivity contribution in [2.75, 3.05) is 13.7 Å². The lowest BCUT2D eigenvalue weighted by atomic mass is 10.0. The van der Waals surface area contributed by atoms with Gasteiger partial charge >= 0.3 is 0 Å². The molecule has 0 amide bonds. The minimum Gasteiger partial charge on any atom is -0.497 e. The fourth-order valence-corrected chi connectivity index (χ4v) is 4.27. The van der Waals surface area contributed by atoms with Gasteiger partial charge in [-0.3, -0.25) is 0 Å². The van der Waals surface area contributed by atoms with Gasteiger partial charge in [0.1, 0.15) is 5.75 Å². The summed E-state index contributed by atoms with van der Waals surface area (Å²) in [6.45, 7) is 6.50. The quantitative estimate of drug-likeness (QED) is 0.641. The minimum absolute atomic E-state index is 0.296. The van der Waals surface area contributed by atoms with E-state index in [1.165, 1.54) is 0 Å². The third-order valence-electron chi connectivity index (χ3n) is 4.85. The van der Waals surface area contributed by atoms with Crippen LogP contribution in [0.5, 0.6) is 5.75 Å². The number of aryl methyl sites for hydroxylation is 1. The molecule has 0 saturated heterocycles. The summed E-state index contributed by atoms with van der Waals surface area (Å²) in [7, 11) is -1.88. The number of hydrogen-bond donors (Lipinski definition) is 2. The van der Waals surface area contributed by atoms with Crippen molar-refractivity contribution in [3.05, 3.63) is 59.3 Å². The SMILES string of the molecule is COc1ccc2[nH]c(C)c(CCNS(=O)(=O)c3ccc(C(C)C)cc3)c2c1. The second kappa shape index (κ2) is 7.74. The molecule has 1 aromatic heterocycles. The van der Waals surface area contributed by atoms with Crippen molar-refractivity contribution in [3.63, 3.8) is 0 Å². The van der Waals surface area contributed by atoms with Crippen LogP contribution in [0, 0.1) is 6.92 Å². The van der Waals surface area contributed by atoms with Crippen LogP contribution in [0.3, 0.4) is 0 Å². The van der Waals surface area contributed by atoms with Crippen LogP contribution in [0.15, 0.2) is 47.4 Å². The molecule has 0 aliphatic heterocycles. The molecule has 0 spiro atoms. The van der Waals surface area contributed by atoms with Crippen LogP contribution >= 0.6 is 0 Å². The van der Waals surface area contributed by atoms with Gasteiger partial charge in [0, 0.05) is 23.1 Å². The second-order valence-electron chi connectivity index (χ2n) is 7.01. The molecule has 0 radical (unpaired) electrons. The van der Waals surface area contributed by atoms with Crippen LogP contribution < -0.4 is 9.46 Å². The Morgan fingerprint density at radius 3 is 2.44 bits per heavy atom. The van der Waals surface area contributed by atoms with E-state index in [4.69, 9.17) is 4.74 Å². The third-order valence-corrected chi connectivity index (χ3v) is 6.33. The van der Waals surface area contributed by atoms with Gasteiger partial charge in [-0.2, -0.15) is 0 Å². The Hall–Kier alpha value is -2.31. The van der Waals surface area contributed by atoms with E-state index in [0.717, 1.165) is 33.5 Å². The van der Waals surface area contributed by atoms with Crippen molar-refractivity contribution in [1.29, 1.82) is 0 Å². The number of aromatic nitrogens is 1. The molecule has 6 heteroatoms. The van der Waals surface area contributed by atoms with Gasteiger partial charge in [-0.25, -0.2) is 13.1 Å². The molecule has 0 bridgehead atoms. The van der Waals surface area contributed by atoms with Gasteiger partial charge in [0.2, 0.25) is 10.0 Å². The Bertz CT molecular complexity index is 1040. The first-order chi connectivity index (χ1) is 12.8. The number of sulfonamides is 1. The molecule has 27 heavy (non-hydrogen) atoms. The fraction of sp³-hybridized carbons (Fsp3) is 0.333. The molecule has 0 fully saturated rings. The third kappa shape index (κ3) is 4.17. The Morgan fingerprint density at radius 1 is 1.11 bits per heavy atom. The van der Waals surface area contributed by atoms with Gasteiger partial charge in [-0.1, -0.05) is 26.0 Å². The van der Waals surface area contributed by atoms with Gasteiger partial charge in [-0.05, 0) is 60.7 Å². The summed E-state index contributed by atoms with van der Waals surface area (Å²) in [6, 6.07) is 12.9. The molecule has 0 aliphatic carbocycles. The normalized spacial score (nSPS) is 12.0. The molecule has 0 saturated carbocycles. The lowest BCUT2D eigenvalue weighted by molar-refractivity contribution is 0.415. The fourth-order valence-electron chi connectivity index (χ4n) is 3.24. The van der Waals surface area contributed by atoms with E-state index in [9.17, 15) is 8.42 Å². The first-order valence-corrected chi connectivity index (χ1v) is 10.5. The highest BCUT2D eigenvalue weighted by Crippen LogP contribution is 2.26. The molecule has 0 unspecified atom stereocenters. The zero-order valence-corrected chi connectivity index (χ0v) is 17.0. The van der Waals surface area contributed by atoms with Crippen LogP contribution in [0.25, 0.3) is 10.9 Å². The zero-order valence-electron chi connectivity index (χ0n) is 16.2. The molecule has 2 aromatic carbocycles. The number of ether oxygens (including phenoxy) is 1. The van der Waals surface area contributed by atoms with Gasteiger partial charge < -0.3 is 9.72 Å². The molecular formula is C21H26N2O3S. The lowest BCUT2D eigenvalue weighted by Crippen LogP contribution is -2.26. The van der Waals surface area contributed by atoms with Crippen molar-refractivity contribution in [3.8, 4) is 5.75 Å². The lowest BCUT2D eigenvalue weighted by Gasteiger charge is -2.09. The average molecular weight is 387 g/mol. The number of nitrogens with one attached hydrogen (secondary N) is 2. The van der Waals surface area contributed by atoms with Crippen LogP contribution in [-0.2, 0) is 16.4 Å². The summed E-state index contributed by atoms with van der Waals surface area (Å²) in [5, 5.41) is 1.06. The van der Waals surface area contributed by atoms with E-state index in [2.05, 4.69) is 23.6 Å². The maximum Gasteiger partial charge on any atom is 0.240 e. The molecule has 3 aromatic rings. The molecule has 0 atom stereocenters. The van der Waals surface area contributed by atoms with Crippen LogP contribution in [0.2, 0.25) is 0 Å². The largest absolute Gasteiger partial charge is 0.497 e. The predicted octanol–water partition coefficient (Wildman–Crippen LogP) is 4.13. The van der Waals surface area contributed by atoms with Crippen LogP contribution in [-0.4, -0.2) is 27.1 Å². The number of rotatable bonds is 7. The van der Waals surface area contributed by atoms with Crippen LogP contribution in [0.4, 0.5) is 0 Å². The topological polar surface area (TPSA) is 71.2 Å². The van der Waals surface area contributed by atoms with Crippen molar-refractivity contribution in [2.24, 2.45) is 0 Å². The maximum atomic E-state index is 12.6. The summed E-state index contributed by atoms with van der Waals surface area (Å²) in [4.78, 5) is 3.64. The molecule has 144 valence electrons. The highest BCUT2D eigenvalue weighted by atomic mass is 32.2. The molecule has 1 heterocycles. The average Bonchev–Trinajstić information content (AvgIpc) is 2.96. The van der Waals surface area contributed by atoms with E-state index in [-0.39, 0.29) is 0 Å². The van der Waals surface area contributed by atoms with E-state index in [0.29, 0.717) is 23.8 Å². The Balaban J connectivity index is 1.73. The van der Waals surface area contributed by atoms with E-state index in [1.54, 1.807) is 19.2 Å². The maximum absolute atomic E-state index is 12.6. The predicted molar refractivity (Wildman–Crippen MR) is 109 cm³/mol. The van der Waals surface area contributed by atoms with Gasteiger partial charge in [0.25, 0.3) is 0 Å². The molecule has 3 rings (SSSR count). The summed E-state index contributed by atoms with van der Waals surface area (Å²) in [6.07, 6.45) is 0.600. The Kier molecular flexibility index (Phi) is 5.58. The van der Waals surface area contributed by atoms with E-state index in [1.807, 2.05) is 37.3 Å². The molecular weight excluding hydrogens is 360 g/mol. The highest BCUT2D eigenvalue weighted by Gasteiger charge is 2.15. The van der Waals surface area contributed by atoms with Gasteiger partial charge in [-0.15, -0.1) is 0 Å². The Morgan fingerprint density at radius 2 is 1.81 bits per heavy atom. The van der Waals surface area contributed by atoms with E-state index >= 15 is 0 Å². The molecule has 5 nitrogen and oxygen atoms in total. The Labute approximate surface area is 160 Å². The number of H-pyrrole nitrogens is 1. The summed E-state index contributed by atoms with van der Waals surface area (Å²) in [5.41, 5.74) is 4.29. The zero-order chi connectivity index (χ0) is 19.6. The van der Waals surface area contributed by atoms with Crippen LogP contribution in [0.1, 0.15) is 36.6 Å². The first kappa shape index (κ1) is 19.5. The van der Waals surface area contributed by atoms with Gasteiger partial charge in [0.05, 0.1) is 12.0 Å². The second-order valence-corrected chi connectivity index (χ2v) is 8.78. The number of fused-ring (bicyclic) bond motifs is 1. The first-order valence-electron chi connectivity index (χ1n) is 9.06. The molecule has 0 aliphatic rings. The van der Waals surface area contributed by atoms with Crippen molar-refractivity contribution in [2.45, 2.75) is 38.0 Å².